The summed E-state index contributed by atoms with van der Waals surface area (Å²) in [5, 5.41) is 3.51. The maximum atomic E-state index is 6.97. The topological polar surface area (TPSA) is 7.12 Å². The summed E-state index contributed by atoms with van der Waals surface area (Å²) in [5.41, 5.74) is 5.13. The van der Waals surface area contributed by atoms with Crippen LogP contribution in [0.1, 0.15) is 51.0 Å². The lowest BCUT2D eigenvalue weighted by Crippen LogP contribution is -2.34. The van der Waals surface area contributed by atoms with Crippen LogP contribution in [0.4, 0.5) is 5.69 Å². The van der Waals surface area contributed by atoms with Gasteiger partial charge in [-0.05, 0) is 61.1 Å². The summed E-state index contributed by atoms with van der Waals surface area (Å²) >= 11 is 10.7. The molecule has 5 rings (SSSR count). The molecule has 0 radical (unpaired) electrons. The highest BCUT2D eigenvalue weighted by atomic mass is 35.5. The number of aromatic nitrogens is 1. The Hall–Kier alpha value is -2.27. The quantitative estimate of drug-likeness (QED) is 0.287. The van der Waals surface area contributed by atoms with E-state index in [2.05, 4.69) is 96.1 Å². The van der Waals surface area contributed by atoms with Crippen LogP contribution < -0.4 is 9.47 Å². The molecule has 35 heavy (non-hydrogen) atoms. The Balaban J connectivity index is 1.42. The molecule has 0 atom stereocenters. The van der Waals surface area contributed by atoms with Crippen molar-refractivity contribution in [3.05, 3.63) is 93.0 Å². The maximum Gasteiger partial charge on any atom is 0.262 e. The molecule has 0 saturated heterocycles. The molecule has 0 N–H and O–H groups in total. The van der Waals surface area contributed by atoms with Crippen LogP contribution in [0, 0.1) is 0 Å². The van der Waals surface area contributed by atoms with Gasteiger partial charge in [-0.1, -0.05) is 85.0 Å². The highest BCUT2D eigenvalue weighted by Crippen LogP contribution is 2.46. The van der Waals surface area contributed by atoms with Crippen LogP contribution in [0.3, 0.4) is 0 Å². The standard InChI is InChI=1S/C30H32ClN2S2/c1-3-20-32-24-12-5-7-14-26(24)34-28(32)18-16-22-10-9-11-23(30(22)31)17-19-29-33(21-4-2)25-13-6-8-15-27(25)35-29/h5-8,12-19H,3-4,9-11,20-21H2,1-2H3/q+1. The lowest BCUT2D eigenvalue weighted by atomic mass is 9.94. The number of allylic oxidation sites excluding steroid dienone is 6. The first kappa shape index (κ1) is 24.4. The molecule has 1 aromatic heterocycles. The molecule has 2 aromatic carbocycles. The van der Waals surface area contributed by atoms with Gasteiger partial charge in [-0.2, -0.15) is 4.57 Å². The van der Waals surface area contributed by atoms with Crippen LogP contribution >= 0.6 is 34.7 Å². The van der Waals surface area contributed by atoms with Gasteiger partial charge in [0.15, 0.2) is 0 Å². The zero-order valence-corrected chi connectivity index (χ0v) is 22.9. The largest absolute Gasteiger partial charge is 0.335 e. The third-order valence-electron chi connectivity index (χ3n) is 6.48. The fourth-order valence-corrected chi connectivity index (χ4v) is 7.31. The summed E-state index contributed by atoms with van der Waals surface area (Å²) in [6.45, 7) is 6.54. The number of nitrogens with zero attached hydrogens (tertiary/aromatic N) is 2. The van der Waals surface area contributed by atoms with Crippen LogP contribution in [0.25, 0.3) is 16.3 Å². The van der Waals surface area contributed by atoms with Crippen molar-refractivity contribution in [2.45, 2.75) is 57.4 Å². The number of aryl methyl sites for hydroxylation is 1. The molecule has 5 heteroatoms. The molecule has 0 saturated carbocycles. The Morgan fingerprint density at radius 3 is 2.66 bits per heavy atom. The van der Waals surface area contributed by atoms with E-state index < -0.39 is 0 Å². The number of rotatable bonds is 7. The van der Waals surface area contributed by atoms with E-state index in [-0.39, 0.29) is 0 Å². The monoisotopic (exact) mass is 519 g/mol. The summed E-state index contributed by atoms with van der Waals surface area (Å²) in [6, 6.07) is 17.4. The van der Waals surface area contributed by atoms with Gasteiger partial charge in [0.05, 0.1) is 10.7 Å². The summed E-state index contributed by atoms with van der Waals surface area (Å²) in [4.78, 5) is 3.77. The van der Waals surface area contributed by atoms with Crippen molar-refractivity contribution < 1.29 is 4.57 Å². The van der Waals surface area contributed by atoms with Crippen molar-refractivity contribution in [1.29, 1.82) is 0 Å². The highest BCUT2D eigenvalue weighted by Gasteiger charge is 2.24. The minimum atomic E-state index is 0.926. The lowest BCUT2D eigenvalue weighted by Gasteiger charge is -2.20. The van der Waals surface area contributed by atoms with Crippen LogP contribution in [0.5, 0.6) is 0 Å². The van der Waals surface area contributed by atoms with Gasteiger partial charge in [-0.25, -0.2) is 0 Å². The van der Waals surface area contributed by atoms with Crippen molar-refractivity contribution in [3.8, 4) is 0 Å². The molecule has 0 amide bonds. The first-order valence-corrected chi connectivity index (χ1v) is 14.6. The number of benzene rings is 2. The molecule has 1 aliphatic carbocycles. The lowest BCUT2D eigenvalue weighted by molar-refractivity contribution is -0.668. The minimum absolute atomic E-state index is 0.926. The number of fused-ring (bicyclic) bond motifs is 2. The molecule has 0 spiro atoms. The summed E-state index contributed by atoms with van der Waals surface area (Å²) in [7, 11) is 0. The van der Waals surface area contributed by atoms with Gasteiger partial charge in [-0.15, -0.1) is 0 Å². The van der Waals surface area contributed by atoms with E-state index in [0.717, 1.165) is 50.2 Å². The smallest absolute Gasteiger partial charge is 0.262 e. The van der Waals surface area contributed by atoms with E-state index in [4.69, 9.17) is 11.6 Å². The number of thiazole rings is 1. The van der Waals surface area contributed by atoms with Crippen molar-refractivity contribution in [3.63, 3.8) is 0 Å². The van der Waals surface area contributed by atoms with Crippen molar-refractivity contribution >= 4 is 56.7 Å². The molecular weight excluding hydrogens is 488 g/mol. The third kappa shape index (κ3) is 5.16. The molecule has 0 unspecified atom stereocenters. The third-order valence-corrected chi connectivity index (χ3v) is 9.22. The zero-order valence-electron chi connectivity index (χ0n) is 20.5. The Bertz CT molecular complexity index is 1350. The summed E-state index contributed by atoms with van der Waals surface area (Å²) in [6.07, 6.45) is 14.5. The maximum absolute atomic E-state index is 6.97. The predicted molar refractivity (Wildman–Crippen MR) is 154 cm³/mol. The van der Waals surface area contributed by atoms with E-state index in [9.17, 15) is 0 Å². The SMILES string of the molecule is CCCN1/C(=C/C=C2\CCCC(/C=C/c3sc4ccccc4[n+]3CCC)=C2Cl)Sc2ccccc21. The molecule has 2 nitrogen and oxygen atoms in total. The second-order valence-corrected chi connectivity index (χ2v) is 11.5. The van der Waals surface area contributed by atoms with Crippen LogP contribution in [-0.4, -0.2) is 6.54 Å². The van der Waals surface area contributed by atoms with Gasteiger partial charge < -0.3 is 4.90 Å². The van der Waals surface area contributed by atoms with Crippen LogP contribution in [-0.2, 0) is 6.54 Å². The predicted octanol–water partition coefficient (Wildman–Crippen LogP) is 9.08. The van der Waals surface area contributed by atoms with Gasteiger partial charge in [0.2, 0.25) is 5.52 Å². The summed E-state index contributed by atoms with van der Waals surface area (Å²) < 4.78 is 3.77. The Labute approximate surface area is 222 Å². The van der Waals surface area contributed by atoms with Gasteiger partial charge in [0, 0.05) is 35.0 Å². The Morgan fingerprint density at radius 1 is 0.971 bits per heavy atom. The van der Waals surface area contributed by atoms with Gasteiger partial charge >= 0.3 is 0 Å². The van der Waals surface area contributed by atoms with E-state index in [0.29, 0.717) is 0 Å². The minimum Gasteiger partial charge on any atom is -0.335 e. The van der Waals surface area contributed by atoms with E-state index in [1.165, 1.54) is 42.0 Å². The second-order valence-electron chi connectivity index (χ2n) is 9.00. The normalized spacial score (nSPS) is 18.5. The first-order chi connectivity index (χ1) is 17.2. The number of hydrogen-bond acceptors (Lipinski definition) is 3. The second kappa shape index (κ2) is 11.2. The Kier molecular flexibility index (Phi) is 7.81. The average Bonchev–Trinajstić information content (AvgIpc) is 3.41. The molecule has 1 aliphatic heterocycles. The molecule has 2 aliphatic rings. The first-order valence-electron chi connectivity index (χ1n) is 12.6. The van der Waals surface area contributed by atoms with Gasteiger partial charge in [0.1, 0.15) is 11.2 Å². The molecule has 3 aromatic rings. The van der Waals surface area contributed by atoms with Crippen LogP contribution in [0.2, 0.25) is 0 Å². The van der Waals surface area contributed by atoms with Crippen molar-refractivity contribution in [2.75, 3.05) is 11.4 Å². The van der Waals surface area contributed by atoms with E-state index >= 15 is 0 Å². The number of hydrogen-bond donors (Lipinski definition) is 0. The van der Waals surface area contributed by atoms with Crippen LogP contribution in [0.15, 0.2) is 92.9 Å². The molecular formula is C30H32ClN2S2+. The number of halogens is 1. The highest BCUT2D eigenvalue weighted by molar-refractivity contribution is 8.03. The zero-order chi connectivity index (χ0) is 24.2. The molecule has 0 bridgehead atoms. The number of para-hydroxylation sites is 2. The molecule has 0 fully saturated rings. The fourth-order valence-electron chi connectivity index (χ4n) is 4.81. The van der Waals surface area contributed by atoms with Crippen molar-refractivity contribution in [1.82, 2.24) is 0 Å². The number of thioether (sulfide) groups is 1. The van der Waals surface area contributed by atoms with E-state index in [1.807, 2.05) is 23.1 Å². The fraction of sp³-hybridized carbons (Fsp3) is 0.300. The van der Waals surface area contributed by atoms with Gasteiger partial charge in [-0.3, -0.25) is 0 Å². The van der Waals surface area contributed by atoms with Crippen molar-refractivity contribution in [2.24, 2.45) is 0 Å². The summed E-state index contributed by atoms with van der Waals surface area (Å²) in [5.74, 6) is 0. The van der Waals surface area contributed by atoms with Gasteiger partial charge in [0.25, 0.3) is 5.01 Å². The Morgan fingerprint density at radius 2 is 1.80 bits per heavy atom. The van der Waals surface area contributed by atoms with E-state index in [1.54, 1.807) is 0 Å². The molecule has 2 heterocycles. The molecule has 180 valence electrons. The number of anilines is 1. The average molecular weight is 520 g/mol.